The SMILES string of the molecule is CC(/C=C/[C@@H]1C[C@]2(CO2)C[C@@H](CC(N)=O)O1)=C\C[C@@H]1O[C@H](C)[C@H](NC(=O)/C=C\[C@H](C)OC(=O)N2CCCCC2)C[C@@H]1C. The lowest BCUT2D eigenvalue weighted by molar-refractivity contribution is -0.125. The molecular weight excluding hydrogens is 538 g/mol. The number of ether oxygens (including phenoxy) is 4. The van der Waals surface area contributed by atoms with Crippen molar-refractivity contribution >= 4 is 17.9 Å². The zero-order chi connectivity index (χ0) is 30.3. The van der Waals surface area contributed by atoms with E-state index in [1.165, 1.54) is 6.08 Å². The first-order valence-corrected chi connectivity index (χ1v) is 15.5. The summed E-state index contributed by atoms with van der Waals surface area (Å²) in [5.74, 6) is -0.314. The van der Waals surface area contributed by atoms with Crippen LogP contribution in [-0.2, 0) is 28.5 Å². The zero-order valence-electron chi connectivity index (χ0n) is 25.6. The third-order valence-electron chi connectivity index (χ3n) is 8.73. The molecule has 8 atom stereocenters. The Hall–Kier alpha value is -2.69. The molecule has 4 aliphatic rings. The number of epoxide rings is 1. The number of hydrogen-bond acceptors (Lipinski definition) is 7. The monoisotopic (exact) mass is 587 g/mol. The van der Waals surface area contributed by atoms with Gasteiger partial charge in [0.05, 0.1) is 49.1 Å². The minimum Gasteiger partial charge on any atom is -0.442 e. The van der Waals surface area contributed by atoms with Gasteiger partial charge in [-0.25, -0.2) is 4.79 Å². The van der Waals surface area contributed by atoms with E-state index >= 15 is 0 Å². The number of primary amides is 1. The van der Waals surface area contributed by atoms with Crippen molar-refractivity contribution in [1.29, 1.82) is 0 Å². The summed E-state index contributed by atoms with van der Waals surface area (Å²) in [5.41, 5.74) is 6.34. The number of allylic oxidation sites excluding steroid dienone is 2. The molecule has 0 saturated carbocycles. The Morgan fingerprint density at radius 3 is 2.55 bits per heavy atom. The molecule has 4 saturated heterocycles. The average molecular weight is 588 g/mol. The topological polar surface area (TPSA) is 133 Å². The molecule has 0 aromatic rings. The Balaban J connectivity index is 1.19. The highest BCUT2D eigenvalue weighted by Gasteiger charge is 2.51. The molecule has 0 aromatic carbocycles. The van der Waals surface area contributed by atoms with Crippen molar-refractivity contribution in [2.24, 2.45) is 11.7 Å². The smallest absolute Gasteiger partial charge is 0.410 e. The van der Waals surface area contributed by atoms with E-state index in [2.05, 4.69) is 31.3 Å². The lowest BCUT2D eigenvalue weighted by Gasteiger charge is -2.39. The zero-order valence-corrected chi connectivity index (χ0v) is 25.6. The maximum Gasteiger partial charge on any atom is 0.410 e. The summed E-state index contributed by atoms with van der Waals surface area (Å²) in [4.78, 5) is 38.0. The van der Waals surface area contributed by atoms with Gasteiger partial charge in [0.25, 0.3) is 0 Å². The van der Waals surface area contributed by atoms with E-state index in [-0.39, 0.29) is 66.3 Å². The van der Waals surface area contributed by atoms with Crippen molar-refractivity contribution in [1.82, 2.24) is 10.2 Å². The summed E-state index contributed by atoms with van der Waals surface area (Å²) in [6.07, 6.45) is 14.6. The van der Waals surface area contributed by atoms with Crippen LogP contribution in [-0.4, -0.2) is 84.7 Å². The summed E-state index contributed by atoms with van der Waals surface area (Å²) in [7, 11) is 0. The van der Waals surface area contributed by atoms with Gasteiger partial charge in [-0.3, -0.25) is 9.59 Å². The lowest BCUT2D eigenvalue weighted by Crippen LogP contribution is -2.50. The number of carbonyl (C=O) groups is 3. The minimum atomic E-state index is -0.484. The van der Waals surface area contributed by atoms with Crippen molar-refractivity contribution in [2.45, 2.75) is 121 Å². The van der Waals surface area contributed by atoms with Gasteiger partial charge in [-0.1, -0.05) is 30.7 Å². The fourth-order valence-electron chi connectivity index (χ4n) is 6.15. The Morgan fingerprint density at radius 2 is 1.86 bits per heavy atom. The molecule has 4 rings (SSSR count). The van der Waals surface area contributed by atoms with Crippen LogP contribution in [0.5, 0.6) is 0 Å². The van der Waals surface area contributed by atoms with Crippen molar-refractivity contribution in [3.05, 3.63) is 36.0 Å². The van der Waals surface area contributed by atoms with Gasteiger partial charge in [0.1, 0.15) is 6.10 Å². The molecule has 3 N–H and O–H groups in total. The van der Waals surface area contributed by atoms with E-state index in [9.17, 15) is 14.4 Å². The van der Waals surface area contributed by atoms with Gasteiger partial charge in [-0.2, -0.15) is 0 Å². The molecule has 0 unspecified atom stereocenters. The summed E-state index contributed by atoms with van der Waals surface area (Å²) in [6.45, 7) is 10.1. The van der Waals surface area contributed by atoms with Crippen LogP contribution in [0.2, 0.25) is 0 Å². The average Bonchev–Trinajstić information content (AvgIpc) is 3.69. The van der Waals surface area contributed by atoms with Crippen LogP contribution in [0.1, 0.15) is 79.1 Å². The van der Waals surface area contributed by atoms with Crippen LogP contribution >= 0.6 is 0 Å². The fraction of sp³-hybridized carbons (Fsp3) is 0.719. The molecule has 42 heavy (non-hydrogen) atoms. The van der Waals surface area contributed by atoms with Crippen molar-refractivity contribution in [3.8, 4) is 0 Å². The highest BCUT2D eigenvalue weighted by atomic mass is 16.6. The van der Waals surface area contributed by atoms with Gasteiger partial charge in [-0.15, -0.1) is 0 Å². The van der Waals surface area contributed by atoms with Gasteiger partial charge >= 0.3 is 6.09 Å². The van der Waals surface area contributed by atoms with Gasteiger partial charge in [0.15, 0.2) is 0 Å². The summed E-state index contributed by atoms with van der Waals surface area (Å²) in [5, 5.41) is 3.06. The van der Waals surface area contributed by atoms with Gasteiger partial charge in [-0.05, 0) is 64.9 Å². The van der Waals surface area contributed by atoms with E-state index in [0.29, 0.717) is 6.61 Å². The molecule has 0 aromatic heterocycles. The highest BCUT2D eigenvalue weighted by molar-refractivity contribution is 5.87. The number of nitrogens with two attached hydrogens (primary N) is 1. The number of carbonyl (C=O) groups excluding carboxylic acids is 3. The normalized spacial score (nSPS) is 34.5. The Kier molecular flexibility index (Phi) is 11.3. The Bertz CT molecular complexity index is 1050. The molecule has 0 aliphatic carbocycles. The molecule has 4 fully saturated rings. The Morgan fingerprint density at radius 1 is 1.12 bits per heavy atom. The third-order valence-corrected chi connectivity index (χ3v) is 8.73. The van der Waals surface area contributed by atoms with Crippen LogP contribution in [0.4, 0.5) is 4.79 Å². The largest absolute Gasteiger partial charge is 0.442 e. The molecule has 10 heteroatoms. The van der Waals surface area contributed by atoms with Crippen molar-refractivity contribution < 1.29 is 33.3 Å². The Labute approximate surface area is 250 Å². The van der Waals surface area contributed by atoms with Crippen LogP contribution < -0.4 is 11.1 Å². The second-order valence-electron chi connectivity index (χ2n) is 12.6. The van der Waals surface area contributed by atoms with E-state index in [1.807, 2.05) is 13.0 Å². The molecule has 4 heterocycles. The standard InChI is InChI=1S/C32H49N3O7/c1-21(8-11-25-18-32(20-39-32)19-26(42-25)17-29(33)36)9-12-28-22(2)16-27(24(4)41-28)34-30(37)13-10-23(3)40-31(38)35-14-6-5-7-15-35/h8-11,13,22-28H,5-7,12,14-20H2,1-4H3,(H2,33,36)(H,34,37)/b11-8+,13-10-,21-9+/t22-,23-,24+,25+,26+,27+,28-,32+/m0/s1. The maximum absolute atomic E-state index is 12.6. The predicted octanol–water partition coefficient (Wildman–Crippen LogP) is 3.94. The number of amides is 3. The molecule has 0 radical (unpaired) electrons. The van der Waals surface area contributed by atoms with Crippen LogP contribution in [0, 0.1) is 5.92 Å². The molecule has 10 nitrogen and oxygen atoms in total. The molecular formula is C32H49N3O7. The molecule has 0 bridgehead atoms. The number of rotatable bonds is 10. The van der Waals surface area contributed by atoms with E-state index in [1.54, 1.807) is 17.9 Å². The van der Waals surface area contributed by atoms with Crippen LogP contribution in [0.15, 0.2) is 36.0 Å². The minimum absolute atomic E-state index is 0.0512. The number of likely N-dealkylation sites (tertiary alicyclic amines) is 1. The number of nitrogens with zero attached hydrogens (tertiary/aromatic N) is 1. The van der Waals surface area contributed by atoms with E-state index in [0.717, 1.165) is 63.6 Å². The second-order valence-corrected chi connectivity index (χ2v) is 12.6. The molecule has 1 spiro atoms. The number of nitrogens with one attached hydrogen (secondary N) is 1. The molecule has 4 aliphatic heterocycles. The van der Waals surface area contributed by atoms with Gasteiger partial charge in [0.2, 0.25) is 11.8 Å². The third kappa shape index (κ3) is 9.67. The second kappa shape index (κ2) is 14.7. The van der Waals surface area contributed by atoms with Crippen molar-refractivity contribution in [3.63, 3.8) is 0 Å². The predicted molar refractivity (Wildman–Crippen MR) is 158 cm³/mol. The maximum atomic E-state index is 12.6. The van der Waals surface area contributed by atoms with Crippen LogP contribution in [0.25, 0.3) is 0 Å². The lowest BCUT2D eigenvalue weighted by atomic mass is 9.88. The summed E-state index contributed by atoms with van der Waals surface area (Å²) in [6, 6.07) is -0.0988. The summed E-state index contributed by atoms with van der Waals surface area (Å²) >= 11 is 0. The number of hydrogen-bond donors (Lipinski definition) is 2. The first kappa shape index (κ1) is 32.2. The molecule has 3 amide bonds. The first-order chi connectivity index (χ1) is 20.0. The van der Waals surface area contributed by atoms with E-state index < -0.39 is 6.10 Å². The molecule has 234 valence electrons. The summed E-state index contributed by atoms with van der Waals surface area (Å²) < 4.78 is 23.5. The van der Waals surface area contributed by atoms with Crippen molar-refractivity contribution in [2.75, 3.05) is 19.7 Å². The van der Waals surface area contributed by atoms with Gasteiger partial charge < -0.3 is 34.9 Å². The first-order valence-electron chi connectivity index (χ1n) is 15.5. The fourth-order valence-corrected chi connectivity index (χ4v) is 6.15. The highest BCUT2D eigenvalue weighted by Crippen LogP contribution is 2.43. The quantitative estimate of drug-likeness (QED) is 0.225. The van der Waals surface area contributed by atoms with Crippen LogP contribution in [0.3, 0.4) is 0 Å². The van der Waals surface area contributed by atoms with E-state index in [4.69, 9.17) is 24.7 Å². The van der Waals surface area contributed by atoms with Gasteiger partial charge in [0, 0.05) is 32.0 Å². The number of piperidine rings is 1.